The van der Waals surface area contributed by atoms with Gasteiger partial charge in [0.05, 0.1) is 22.1 Å². The molecule has 34 heavy (non-hydrogen) atoms. The second kappa shape index (κ2) is 8.07. The van der Waals surface area contributed by atoms with E-state index >= 15 is 0 Å². The molecule has 2 aromatic heterocycles. The van der Waals surface area contributed by atoms with Crippen molar-refractivity contribution in [2.45, 2.75) is 6.42 Å². The predicted molar refractivity (Wildman–Crippen MR) is 123 cm³/mol. The molecule has 2 heterocycles. The van der Waals surface area contributed by atoms with Crippen molar-refractivity contribution in [3.05, 3.63) is 87.8 Å². The van der Waals surface area contributed by atoms with E-state index in [4.69, 9.17) is 5.11 Å². The Balaban J connectivity index is 1.54. The van der Waals surface area contributed by atoms with Crippen LogP contribution in [0.15, 0.2) is 59.4 Å². The van der Waals surface area contributed by atoms with Crippen LogP contribution in [0.2, 0.25) is 0 Å². The van der Waals surface area contributed by atoms with Crippen molar-refractivity contribution in [1.82, 2.24) is 20.2 Å². The summed E-state index contributed by atoms with van der Waals surface area (Å²) in [6, 6.07) is 13.5. The molecule has 170 valence electrons. The summed E-state index contributed by atoms with van der Waals surface area (Å²) in [6.45, 7) is 0. The Kier molecular flexibility index (Phi) is 5.05. The highest BCUT2D eigenvalue weighted by atomic mass is 19.1. The average Bonchev–Trinajstić information content (AvgIpc) is 3.24. The number of rotatable bonds is 4. The number of carboxylic acid groups (broad SMARTS) is 1. The van der Waals surface area contributed by atoms with E-state index in [2.05, 4.69) is 20.2 Å². The van der Waals surface area contributed by atoms with Gasteiger partial charge in [0, 0.05) is 24.4 Å². The van der Waals surface area contributed by atoms with E-state index in [0.717, 1.165) is 4.90 Å². The number of hydrogen-bond donors (Lipinski definition) is 3. The number of nitrogens with zero attached hydrogens (tertiary/aromatic N) is 3. The van der Waals surface area contributed by atoms with Crippen LogP contribution in [0, 0.1) is 11.6 Å². The van der Waals surface area contributed by atoms with E-state index in [0.29, 0.717) is 44.2 Å². The third-order valence-corrected chi connectivity index (χ3v) is 5.62. The maximum Gasteiger partial charge on any atom is 0.413 e. The third-order valence-electron chi connectivity index (χ3n) is 5.62. The van der Waals surface area contributed by atoms with Crippen molar-refractivity contribution >= 4 is 33.8 Å². The molecule has 0 atom stereocenters. The minimum absolute atomic E-state index is 0.150. The summed E-state index contributed by atoms with van der Waals surface area (Å²) in [4.78, 5) is 31.3. The highest BCUT2D eigenvalue weighted by Gasteiger charge is 2.15. The van der Waals surface area contributed by atoms with Crippen molar-refractivity contribution in [3.8, 4) is 11.1 Å². The van der Waals surface area contributed by atoms with Crippen LogP contribution in [0.5, 0.6) is 0 Å². The first-order valence-electron chi connectivity index (χ1n) is 10.2. The van der Waals surface area contributed by atoms with Gasteiger partial charge in [0.15, 0.2) is 0 Å². The zero-order valence-corrected chi connectivity index (χ0v) is 17.8. The van der Waals surface area contributed by atoms with E-state index in [1.807, 2.05) is 0 Å². The monoisotopic (exact) mass is 461 g/mol. The highest BCUT2D eigenvalue weighted by molar-refractivity contribution is 5.89. The number of amides is 1. The number of halogens is 2. The predicted octanol–water partition coefficient (Wildman–Crippen LogP) is 4.45. The van der Waals surface area contributed by atoms with Crippen LogP contribution in [-0.2, 0) is 6.42 Å². The molecule has 0 bridgehead atoms. The van der Waals surface area contributed by atoms with Crippen LogP contribution in [0.3, 0.4) is 0 Å². The summed E-state index contributed by atoms with van der Waals surface area (Å²) < 4.78 is 28.6. The van der Waals surface area contributed by atoms with E-state index in [1.54, 1.807) is 30.3 Å². The summed E-state index contributed by atoms with van der Waals surface area (Å²) in [7, 11) is 1.37. The van der Waals surface area contributed by atoms with Crippen molar-refractivity contribution in [2.75, 3.05) is 11.9 Å². The quantitative estimate of drug-likeness (QED) is 0.366. The molecule has 5 rings (SSSR count). The van der Waals surface area contributed by atoms with Gasteiger partial charge in [0.25, 0.3) is 5.56 Å². The number of aromatic nitrogens is 4. The Morgan fingerprint density at radius 2 is 1.88 bits per heavy atom. The van der Waals surface area contributed by atoms with E-state index in [9.17, 15) is 18.4 Å². The Hall–Kier alpha value is -4.60. The lowest BCUT2D eigenvalue weighted by Gasteiger charge is -2.09. The molecule has 0 fully saturated rings. The molecular formula is C24H17F2N5O3. The number of benzene rings is 3. The van der Waals surface area contributed by atoms with Crippen molar-refractivity contribution < 1.29 is 18.7 Å². The van der Waals surface area contributed by atoms with Gasteiger partial charge in [-0.3, -0.25) is 9.69 Å². The Morgan fingerprint density at radius 3 is 2.68 bits per heavy atom. The molecular weight excluding hydrogens is 444 g/mol. The number of carbonyl (C=O) groups is 1. The van der Waals surface area contributed by atoms with Gasteiger partial charge in [-0.05, 0) is 53.6 Å². The van der Waals surface area contributed by atoms with Crippen LogP contribution < -0.4 is 10.5 Å². The van der Waals surface area contributed by atoms with Gasteiger partial charge in [0.1, 0.15) is 11.6 Å². The zero-order chi connectivity index (χ0) is 24.0. The lowest BCUT2D eigenvalue weighted by molar-refractivity contribution is 0.203. The Morgan fingerprint density at radius 1 is 1.06 bits per heavy atom. The van der Waals surface area contributed by atoms with Gasteiger partial charge in [-0.2, -0.15) is 5.10 Å². The van der Waals surface area contributed by atoms with E-state index < -0.39 is 23.3 Å². The number of anilines is 1. The zero-order valence-electron chi connectivity index (χ0n) is 17.8. The molecule has 0 aliphatic rings. The summed E-state index contributed by atoms with van der Waals surface area (Å²) in [6.07, 6.45) is -0.926. The molecule has 0 saturated carbocycles. The molecule has 5 aromatic rings. The van der Waals surface area contributed by atoms with Gasteiger partial charge >= 0.3 is 6.09 Å². The van der Waals surface area contributed by atoms with Crippen LogP contribution in [0.1, 0.15) is 11.3 Å². The maximum atomic E-state index is 14.8. The SMILES string of the molecule is CN(C(=O)O)c1nc2ccc(-c3cc(Cc4n[nH]c(=O)c5ccc(F)cc45)ccc3F)cc2[nH]1. The first-order chi connectivity index (χ1) is 16.3. The van der Waals surface area contributed by atoms with E-state index in [-0.39, 0.29) is 12.4 Å². The maximum absolute atomic E-state index is 14.8. The third kappa shape index (κ3) is 3.75. The van der Waals surface area contributed by atoms with Crippen LogP contribution in [0.25, 0.3) is 32.9 Å². The molecule has 8 nitrogen and oxygen atoms in total. The van der Waals surface area contributed by atoms with Gasteiger partial charge in [0.2, 0.25) is 5.95 Å². The molecule has 0 unspecified atom stereocenters. The van der Waals surface area contributed by atoms with Gasteiger partial charge in [-0.15, -0.1) is 0 Å². The molecule has 0 spiro atoms. The van der Waals surface area contributed by atoms with Gasteiger partial charge < -0.3 is 10.1 Å². The molecule has 3 aromatic carbocycles. The van der Waals surface area contributed by atoms with Crippen LogP contribution in [0.4, 0.5) is 19.5 Å². The second-order valence-corrected chi connectivity index (χ2v) is 7.81. The standard InChI is InChI=1S/C24H17F2N5O3/c1-31(24(33)34)23-27-19-7-3-13(10-21(19)28-23)16-8-12(2-6-18(16)26)9-20-17-11-14(25)4-5-15(17)22(32)30-29-20/h2-8,10-11H,9H2,1H3,(H,27,28)(H,30,32)(H,33,34). The fourth-order valence-electron chi connectivity index (χ4n) is 3.84. The van der Waals surface area contributed by atoms with Crippen LogP contribution in [-0.4, -0.2) is 38.4 Å². The number of nitrogens with one attached hydrogen (secondary N) is 2. The number of H-pyrrole nitrogens is 2. The molecule has 10 heteroatoms. The normalized spacial score (nSPS) is 11.3. The summed E-state index contributed by atoms with van der Waals surface area (Å²) in [5, 5.41) is 16.4. The molecule has 0 aliphatic carbocycles. The molecule has 0 radical (unpaired) electrons. The smallest absolute Gasteiger partial charge is 0.413 e. The topological polar surface area (TPSA) is 115 Å². The number of imidazole rings is 1. The van der Waals surface area contributed by atoms with Crippen molar-refractivity contribution in [1.29, 1.82) is 0 Å². The number of hydrogen-bond acceptors (Lipinski definition) is 4. The lowest BCUT2D eigenvalue weighted by atomic mass is 9.98. The average molecular weight is 461 g/mol. The number of fused-ring (bicyclic) bond motifs is 2. The minimum Gasteiger partial charge on any atom is -0.465 e. The van der Waals surface area contributed by atoms with Crippen molar-refractivity contribution in [2.24, 2.45) is 0 Å². The summed E-state index contributed by atoms with van der Waals surface area (Å²) in [5.74, 6) is -0.783. The van der Waals surface area contributed by atoms with Crippen LogP contribution >= 0.6 is 0 Å². The summed E-state index contributed by atoms with van der Waals surface area (Å²) in [5.41, 5.74) is 2.71. The molecule has 1 amide bonds. The summed E-state index contributed by atoms with van der Waals surface area (Å²) >= 11 is 0. The fourth-order valence-corrected chi connectivity index (χ4v) is 3.84. The largest absolute Gasteiger partial charge is 0.465 e. The van der Waals surface area contributed by atoms with Gasteiger partial charge in [-0.1, -0.05) is 12.1 Å². The number of aromatic amines is 2. The molecule has 0 aliphatic heterocycles. The first kappa shape index (κ1) is 21.3. The minimum atomic E-state index is -1.17. The molecule has 3 N–H and O–H groups in total. The molecule has 0 saturated heterocycles. The second-order valence-electron chi connectivity index (χ2n) is 7.81. The van der Waals surface area contributed by atoms with Crippen molar-refractivity contribution in [3.63, 3.8) is 0 Å². The Labute approximate surface area is 190 Å². The van der Waals surface area contributed by atoms with Gasteiger partial charge in [-0.25, -0.2) is 23.7 Å². The Bertz CT molecular complexity index is 1640. The fraction of sp³-hybridized carbons (Fsp3) is 0.0833. The lowest BCUT2D eigenvalue weighted by Crippen LogP contribution is -2.24. The first-order valence-corrected chi connectivity index (χ1v) is 10.2. The van der Waals surface area contributed by atoms with E-state index in [1.165, 1.54) is 31.3 Å². The highest BCUT2D eigenvalue weighted by Crippen LogP contribution is 2.29.